The van der Waals surface area contributed by atoms with Gasteiger partial charge in [0, 0.05) is 6.42 Å². The molecule has 0 spiro atoms. The van der Waals surface area contributed by atoms with Crippen LogP contribution < -0.4 is 10.1 Å². The van der Waals surface area contributed by atoms with Gasteiger partial charge in [-0.05, 0) is 60.1 Å². The number of methoxy groups -OCH3 is 1. The first kappa shape index (κ1) is 19.7. The van der Waals surface area contributed by atoms with Gasteiger partial charge in [-0.25, -0.2) is 0 Å². The van der Waals surface area contributed by atoms with Crippen molar-refractivity contribution >= 4 is 17.6 Å². The molecule has 5 heteroatoms. The van der Waals surface area contributed by atoms with Gasteiger partial charge in [-0.15, -0.1) is 0 Å². The predicted octanol–water partition coefficient (Wildman–Crippen LogP) is 4.30. The van der Waals surface area contributed by atoms with Crippen molar-refractivity contribution in [3.8, 4) is 5.75 Å². The highest BCUT2D eigenvalue weighted by Crippen LogP contribution is 2.49. The molecule has 1 amide bonds. The zero-order valence-corrected chi connectivity index (χ0v) is 16.8. The Labute approximate surface area is 161 Å². The van der Waals surface area contributed by atoms with E-state index in [9.17, 15) is 9.59 Å². The molecule has 0 saturated heterocycles. The number of carbonyl (C=O) groups excluding carboxylic acids is 2. The average molecular weight is 373 g/mol. The molecule has 1 aromatic rings. The molecule has 1 aromatic carbocycles. The highest BCUT2D eigenvalue weighted by atomic mass is 16.5. The van der Waals surface area contributed by atoms with E-state index < -0.39 is 0 Å². The molecule has 0 radical (unpaired) electrons. The molecule has 3 rings (SSSR count). The number of benzene rings is 1. The van der Waals surface area contributed by atoms with Crippen LogP contribution in [0, 0.1) is 17.8 Å². The maximum atomic E-state index is 12.3. The van der Waals surface area contributed by atoms with E-state index in [0.29, 0.717) is 29.7 Å². The maximum absolute atomic E-state index is 12.3. The third kappa shape index (κ3) is 4.82. The molecular weight excluding hydrogens is 342 g/mol. The second kappa shape index (κ2) is 7.91. The van der Waals surface area contributed by atoms with Crippen LogP contribution in [0.1, 0.15) is 58.4 Å². The monoisotopic (exact) mass is 373 g/mol. The van der Waals surface area contributed by atoms with E-state index in [1.165, 1.54) is 19.3 Å². The van der Waals surface area contributed by atoms with Gasteiger partial charge in [0.2, 0.25) is 0 Å². The third-order valence-corrected chi connectivity index (χ3v) is 6.02. The fraction of sp³-hybridized carbons (Fsp3) is 0.636. The minimum Gasteiger partial charge on any atom is -0.495 e. The lowest BCUT2D eigenvalue weighted by molar-refractivity contribution is -0.148. The molecular formula is C22H31NO4. The van der Waals surface area contributed by atoms with Crippen LogP contribution in [0.25, 0.3) is 0 Å². The Morgan fingerprint density at radius 2 is 1.96 bits per heavy atom. The van der Waals surface area contributed by atoms with Crippen LogP contribution in [0.15, 0.2) is 18.2 Å². The molecule has 0 aromatic heterocycles. The van der Waals surface area contributed by atoms with E-state index in [4.69, 9.17) is 9.47 Å². The number of fused-ring (bicyclic) bond motifs is 2. The van der Waals surface area contributed by atoms with Crippen LogP contribution in [0.4, 0.5) is 5.69 Å². The maximum Gasteiger partial charge on any atom is 0.306 e. The number of rotatable bonds is 6. The predicted molar refractivity (Wildman–Crippen MR) is 105 cm³/mol. The highest BCUT2D eigenvalue weighted by Gasteiger charge is 2.40. The van der Waals surface area contributed by atoms with E-state index in [1.807, 2.05) is 18.2 Å². The molecule has 148 valence electrons. The summed E-state index contributed by atoms with van der Waals surface area (Å²) < 4.78 is 10.6. The molecule has 2 saturated carbocycles. The van der Waals surface area contributed by atoms with Crippen molar-refractivity contribution in [2.45, 2.75) is 58.3 Å². The second-order valence-electron chi connectivity index (χ2n) is 9.01. The molecule has 2 aliphatic carbocycles. The van der Waals surface area contributed by atoms with Crippen molar-refractivity contribution in [3.63, 3.8) is 0 Å². The second-order valence-corrected chi connectivity index (χ2v) is 9.01. The van der Waals surface area contributed by atoms with E-state index in [0.717, 1.165) is 17.9 Å². The van der Waals surface area contributed by atoms with Crippen molar-refractivity contribution < 1.29 is 19.1 Å². The molecule has 2 bridgehead atoms. The summed E-state index contributed by atoms with van der Waals surface area (Å²) in [5.74, 6) is 1.91. The molecule has 5 nitrogen and oxygen atoms in total. The molecule has 2 fully saturated rings. The third-order valence-electron chi connectivity index (χ3n) is 6.02. The smallest absolute Gasteiger partial charge is 0.306 e. The minimum absolute atomic E-state index is 0.0428. The highest BCUT2D eigenvalue weighted by molar-refractivity contribution is 5.94. The summed E-state index contributed by atoms with van der Waals surface area (Å²) in [5.41, 5.74) is 1.64. The molecule has 3 atom stereocenters. The minimum atomic E-state index is -0.347. The zero-order chi connectivity index (χ0) is 19.6. The van der Waals surface area contributed by atoms with Crippen molar-refractivity contribution in [1.29, 1.82) is 0 Å². The Hall–Kier alpha value is -2.04. The Morgan fingerprint density at radius 3 is 2.56 bits per heavy atom. The first-order valence-corrected chi connectivity index (χ1v) is 9.90. The van der Waals surface area contributed by atoms with Crippen LogP contribution in [0.5, 0.6) is 5.75 Å². The lowest BCUT2D eigenvalue weighted by Crippen LogP contribution is -2.23. The van der Waals surface area contributed by atoms with Crippen molar-refractivity contribution in [3.05, 3.63) is 23.8 Å². The summed E-state index contributed by atoms with van der Waals surface area (Å²) in [6.45, 7) is 6.07. The van der Waals surface area contributed by atoms with Gasteiger partial charge in [0.15, 0.2) is 6.61 Å². The number of hydrogen-bond donors (Lipinski definition) is 1. The van der Waals surface area contributed by atoms with Gasteiger partial charge in [0.25, 0.3) is 5.91 Å². The largest absolute Gasteiger partial charge is 0.495 e. The van der Waals surface area contributed by atoms with Crippen LogP contribution in [-0.2, 0) is 19.7 Å². The molecule has 0 heterocycles. The Morgan fingerprint density at radius 1 is 1.19 bits per heavy atom. The SMILES string of the molecule is COc1ccc(C(C)(C)C)cc1NC(=O)COC(=O)CC1CC2CCC1C2. The van der Waals surface area contributed by atoms with Crippen molar-refractivity contribution in [2.75, 3.05) is 19.0 Å². The summed E-state index contributed by atoms with van der Waals surface area (Å²) in [7, 11) is 1.57. The summed E-state index contributed by atoms with van der Waals surface area (Å²) in [6.07, 6.45) is 5.41. The Kier molecular flexibility index (Phi) is 5.78. The van der Waals surface area contributed by atoms with Crippen LogP contribution in [0.2, 0.25) is 0 Å². The van der Waals surface area contributed by atoms with E-state index in [-0.39, 0.29) is 23.9 Å². The Bertz CT molecular complexity index is 707. The van der Waals surface area contributed by atoms with E-state index in [1.54, 1.807) is 7.11 Å². The average Bonchev–Trinajstić information content (AvgIpc) is 3.22. The molecule has 0 aliphatic heterocycles. The van der Waals surface area contributed by atoms with Crippen LogP contribution in [-0.4, -0.2) is 25.6 Å². The van der Waals surface area contributed by atoms with Gasteiger partial charge in [0.05, 0.1) is 12.8 Å². The Balaban J connectivity index is 1.52. The summed E-state index contributed by atoms with van der Waals surface area (Å²) >= 11 is 0. The van der Waals surface area contributed by atoms with Gasteiger partial charge >= 0.3 is 5.97 Å². The van der Waals surface area contributed by atoms with Gasteiger partial charge in [-0.3, -0.25) is 9.59 Å². The van der Waals surface area contributed by atoms with Crippen LogP contribution >= 0.6 is 0 Å². The van der Waals surface area contributed by atoms with E-state index >= 15 is 0 Å². The first-order valence-electron chi connectivity index (χ1n) is 9.90. The molecule has 1 N–H and O–H groups in total. The van der Waals surface area contributed by atoms with Gasteiger partial charge in [0.1, 0.15) is 5.75 Å². The molecule has 3 unspecified atom stereocenters. The standard InChI is InChI=1S/C22H31NO4/c1-22(2,3)17-7-8-19(26-4)18(12-17)23-20(24)13-27-21(25)11-16-10-14-5-6-15(16)9-14/h7-8,12,14-16H,5-6,9-11,13H2,1-4H3,(H,23,24). The number of amides is 1. The van der Waals surface area contributed by atoms with E-state index in [2.05, 4.69) is 26.1 Å². The van der Waals surface area contributed by atoms with Gasteiger partial charge in [-0.2, -0.15) is 0 Å². The molecule has 2 aliphatic rings. The topological polar surface area (TPSA) is 64.6 Å². The normalized spacial score (nSPS) is 23.9. The lowest BCUT2D eigenvalue weighted by atomic mass is 9.86. The van der Waals surface area contributed by atoms with Crippen molar-refractivity contribution in [2.24, 2.45) is 17.8 Å². The fourth-order valence-electron chi connectivity index (χ4n) is 4.50. The number of anilines is 1. The zero-order valence-electron chi connectivity index (χ0n) is 16.8. The molecule has 27 heavy (non-hydrogen) atoms. The summed E-state index contributed by atoms with van der Waals surface area (Å²) in [4.78, 5) is 24.4. The number of hydrogen-bond acceptors (Lipinski definition) is 4. The number of carbonyl (C=O) groups is 2. The fourth-order valence-corrected chi connectivity index (χ4v) is 4.50. The first-order chi connectivity index (χ1) is 12.8. The quantitative estimate of drug-likeness (QED) is 0.755. The number of ether oxygens (including phenoxy) is 2. The van der Waals surface area contributed by atoms with Gasteiger partial charge in [-0.1, -0.05) is 33.3 Å². The summed E-state index contributed by atoms with van der Waals surface area (Å²) in [5, 5.41) is 2.81. The lowest BCUT2D eigenvalue weighted by Gasteiger charge is -2.21. The summed E-state index contributed by atoms with van der Waals surface area (Å²) in [6, 6.07) is 5.75. The van der Waals surface area contributed by atoms with Gasteiger partial charge < -0.3 is 14.8 Å². The number of nitrogens with one attached hydrogen (secondary N) is 1. The number of esters is 1. The van der Waals surface area contributed by atoms with Crippen molar-refractivity contribution in [1.82, 2.24) is 0 Å². The van der Waals surface area contributed by atoms with Crippen LogP contribution in [0.3, 0.4) is 0 Å².